The van der Waals surface area contributed by atoms with Crippen LogP contribution in [0.2, 0.25) is 0 Å². The third-order valence-corrected chi connectivity index (χ3v) is 3.04. The van der Waals surface area contributed by atoms with Gasteiger partial charge in [0.25, 0.3) is 0 Å². The van der Waals surface area contributed by atoms with Gasteiger partial charge in [-0.15, -0.1) is 0 Å². The van der Waals surface area contributed by atoms with Gasteiger partial charge in [-0.3, -0.25) is 5.10 Å². The Morgan fingerprint density at radius 1 is 0.842 bits per heavy atom. The molecule has 4 heteroatoms. The molecule has 1 aromatic heterocycles. The Hall–Kier alpha value is -2.75. The Labute approximate surface area is 111 Å². The first-order valence-corrected chi connectivity index (χ1v) is 5.99. The second kappa shape index (κ2) is 4.49. The van der Waals surface area contributed by atoms with Crippen molar-refractivity contribution in [2.24, 2.45) is 0 Å². The van der Waals surface area contributed by atoms with Crippen LogP contribution >= 0.6 is 0 Å². The van der Waals surface area contributed by atoms with Crippen molar-refractivity contribution in [1.82, 2.24) is 10.2 Å². The number of hydrogen-bond acceptors (Lipinski definition) is 3. The first kappa shape index (κ1) is 11.3. The van der Waals surface area contributed by atoms with Gasteiger partial charge in [0.2, 0.25) is 0 Å². The zero-order valence-electron chi connectivity index (χ0n) is 10.3. The molecule has 94 valence electrons. The van der Waals surface area contributed by atoms with E-state index in [0.717, 1.165) is 33.8 Å². The molecule has 0 bridgehead atoms. The molecular formula is C15H14N4. The van der Waals surface area contributed by atoms with Crippen molar-refractivity contribution in [1.29, 1.82) is 0 Å². The van der Waals surface area contributed by atoms with Crippen LogP contribution in [0.1, 0.15) is 0 Å². The smallest absolute Gasteiger partial charge is 0.0728 e. The van der Waals surface area contributed by atoms with Crippen molar-refractivity contribution in [2.75, 3.05) is 11.5 Å². The number of nitrogens with two attached hydrogens (primary N) is 2. The summed E-state index contributed by atoms with van der Waals surface area (Å²) < 4.78 is 0. The molecule has 0 saturated carbocycles. The van der Waals surface area contributed by atoms with Crippen molar-refractivity contribution >= 4 is 11.4 Å². The first-order valence-electron chi connectivity index (χ1n) is 5.99. The number of nitrogens with one attached hydrogen (secondary N) is 1. The summed E-state index contributed by atoms with van der Waals surface area (Å²) in [5.74, 6) is 0. The highest BCUT2D eigenvalue weighted by atomic mass is 15.1. The van der Waals surface area contributed by atoms with Gasteiger partial charge in [0.05, 0.1) is 11.9 Å². The summed E-state index contributed by atoms with van der Waals surface area (Å²) in [5.41, 5.74) is 17.1. The highest BCUT2D eigenvalue weighted by Crippen LogP contribution is 2.31. The van der Waals surface area contributed by atoms with Crippen molar-refractivity contribution in [2.45, 2.75) is 0 Å². The minimum Gasteiger partial charge on any atom is -0.399 e. The quantitative estimate of drug-likeness (QED) is 0.612. The van der Waals surface area contributed by atoms with E-state index >= 15 is 0 Å². The van der Waals surface area contributed by atoms with Crippen molar-refractivity contribution < 1.29 is 0 Å². The van der Waals surface area contributed by atoms with Gasteiger partial charge in [0.1, 0.15) is 0 Å². The number of aromatic nitrogens is 2. The van der Waals surface area contributed by atoms with Crippen LogP contribution in [-0.2, 0) is 0 Å². The van der Waals surface area contributed by atoms with Crippen LogP contribution in [0.25, 0.3) is 22.4 Å². The highest BCUT2D eigenvalue weighted by molar-refractivity contribution is 5.81. The molecule has 0 amide bonds. The number of aromatic amines is 1. The summed E-state index contributed by atoms with van der Waals surface area (Å²) in [6, 6.07) is 15.4. The molecular weight excluding hydrogens is 236 g/mol. The predicted octanol–water partition coefficient (Wildman–Crippen LogP) is 2.91. The number of anilines is 2. The van der Waals surface area contributed by atoms with Crippen molar-refractivity contribution in [3.05, 3.63) is 54.7 Å². The van der Waals surface area contributed by atoms with Crippen molar-refractivity contribution in [3.63, 3.8) is 0 Å². The molecule has 0 fully saturated rings. The molecule has 5 N–H and O–H groups in total. The molecule has 0 aliphatic heterocycles. The standard InChI is InChI=1S/C15H14N4/c16-12-6-4-10(5-7-12)15-14(9-18-19-15)11-2-1-3-13(17)8-11/h1-9H,16-17H2,(H,18,19). The molecule has 0 saturated heterocycles. The van der Waals surface area contributed by atoms with Gasteiger partial charge in [-0.25, -0.2) is 0 Å². The minimum absolute atomic E-state index is 0.738. The summed E-state index contributed by atoms with van der Waals surface area (Å²) in [4.78, 5) is 0. The molecule has 0 aliphatic rings. The Kier molecular flexibility index (Phi) is 2.68. The number of hydrogen-bond donors (Lipinski definition) is 3. The number of H-pyrrole nitrogens is 1. The van der Waals surface area contributed by atoms with Gasteiger partial charge >= 0.3 is 0 Å². The number of nitrogen functional groups attached to an aromatic ring is 2. The number of rotatable bonds is 2. The average molecular weight is 250 g/mol. The fourth-order valence-corrected chi connectivity index (χ4v) is 2.08. The molecule has 19 heavy (non-hydrogen) atoms. The van der Waals surface area contributed by atoms with Gasteiger partial charge in [-0.05, 0) is 29.8 Å². The van der Waals surface area contributed by atoms with Gasteiger partial charge in [-0.1, -0.05) is 24.3 Å². The Bertz CT molecular complexity index is 698. The second-order valence-electron chi connectivity index (χ2n) is 4.41. The lowest BCUT2D eigenvalue weighted by molar-refractivity contribution is 1.10. The molecule has 1 heterocycles. The SMILES string of the molecule is Nc1ccc(-c2[nH]ncc2-c2cccc(N)c2)cc1. The van der Waals surface area contributed by atoms with Crippen molar-refractivity contribution in [3.8, 4) is 22.4 Å². The lowest BCUT2D eigenvalue weighted by Crippen LogP contribution is -1.87. The zero-order chi connectivity index (χ0) is 13.2. The largest absolute Gasteiger partial charge is 0.399 e. The van der Waals surface area contributed by atoms with Gasteiger partial charge in [-0.2, -0.15) is 5.10 Å². The van der Waals surface area contributed by atoms with Crippen LogP contribution in [0, 0.1) is 0 Å². The summed E-state index contributed by atoms with van der Waals surface area (Å²) in [6.45, 7) is 0. The fourth-order valence-electron chi connectivity index (χ4n) is 2.08. The molecule has 0 spiro atoms. The number of benzene rings is 2. The van der Waals surface area contributed by atoms with E-state index < -0.39 is 0 Å². The minimum atomic E-state index is 0.738. The topological polar surface area (TPSA) is 80.7 Å². The van der Waals surface area contributed by atoms with Crippen LogP contribution in [0.3, 0.4) is 0 Å². The van der Waals surface area contributed by atoms with Gasteiger partial charge in [0, 0.05) is 22.5 Å². The molecule has 3 aromatic rings. The van der Waals surface area contributed by atoms with Crippen LogP contribution in [0.4, 0.5) is 11.4 Å². The lowest BCUT2D eigenvalue weighted by atomic mass is 10.0. The summed E-state index contributed by atoms with van der Waals surface area (Å²) in [6.07, 6.45) is 1.81. The average Bonchev–Trinajstić information content (AvgIpc) is 2.89. The first-order chi connectivity index (χ1) is 9.24. The maximum Gasteiger partial charge on any atom is 0.0728 e. The predicted molar refractivity (Wildman–Crippen MR) is 78.3 cm³/mol. The van der Waals surface area contributed by atoms with E-state index in [1.165, 1.54) is 0 Å². The van der Waals surface area contributed by atoms with E-state index in [1.807, 2.05) is 48.5 Å². The van der Waals surface area contributed by atoms with Gasteiger partial charge in [0.15, 0.2) is 0 Å². The molecule has 0 unspecified atom stereocenters. The van der Waals surface area contributed by atoms with E-state index in [1.54, 1.807) is 6.20 Å². The maximum absolute atomic E-state index is 5.83. The lowest BCUT2D eigenvalue weighted by Gasteiger charge is -2.05. The molecule has 0 radical (unpaired) electrons. The third kappa shape index (κ3) is 2.15. The Balaban J connectivity index is 2.10. The van der Waals surface area contributed by atoms with Crippen LogP contribution in [-0.4, -0.2) is 10.2 Å². The zero-order valence-corrected chi connectivity index (χ0v) is 10.3. The van der Waals surface area contributed by atoms with Crippen LogP contribution in [0.15, 0.2) is 54.7 Å². The third-order valence-electron chi connectivity index (χ3n) is 3.04. The highest BCUT2D eigenvalue weighted by Gasteiger charge is 2.09. The molecule has 0 aliphatic carbocycles. The summed E-state index contributed by atoms with van der Waals surface area (Å²) in [5, 5.41) is 7.16. The molecule has 0 atom stereocenters. The van der Waals surface area contributed by atoms with E-state index in [9.17, 15) is 0 Å². The summed E-state index contributed by atoms with van der Waals surface area (Å²) in [7, 11) is 0. The van der Waals surface area contributed by atoms with E-state index in [0.29, 0.717) is 0 Å². The normalized spacial score (nSPS) is 10.5. The molecule has 3 rings (SSSR count). The van der Waals surface area contributed by atoms with Crippen LogP contribution < -0.4 is 11.5 Å². The number of nitrogens with zero attached hydrogens (tertiary/aromatic N) is 1. The Morgan fingerprint density at radius 2 is 1.63 bits per heavy atom. The van der Waals surface area contributed by atoms with E-state index in [-0.39, 0.29) is 0 Å². The van der Waals surface area contributed by atoms with Crippen LogP contribution in [0.5, 0.6) is 0 Å². The van der Waals surface area contributed by atoms with E-state index in [4.69, 9.17) is 11.5 Å². The second-order valence-corrected chi connectivity index (χ2v) is 4.41. The molecule has 4 nitrogen and oxygen atoms in total. The fraction of sp³-hybridized carbons (Fsp3) is 0. The summed E-state index contributed by atoms with van der Waals surface area (Å²) >= 11 is 0. The maximum atomic E-state index is 5.83. The molecule has 2 aromatic carbocycles. The Morgan fingerprint density at radius 3 is 2.37 bits per heavy atom. The van der Waals surface area contributed by atoms with E-state index in [2.05, 4.69) is 10.2 Å². The monoisotopic (exact) mass is 250 g/mol. The van der Waals surface area contributed by atoms with Gasteiger partial charge < -0.3 is 11.5 Å².